The summed E-state index contributed by atoms with van der Waals surface area (Å²) in [4.78, 5) is 7.17. The average Bonchev–Trinajstić information content (AvgIpc) is 2.62. The molecule has 1 heterocycles. The van der Waals surface area contributed by atoms with Crippen molar-refractivity contribution in [3.63, 3.8) is 0 Å². The van der Waals surface area contributed by atoms with Crippen LogP contribution < -0.4 is 10.6 Å². The van der Waals surface area contributed by atoms with E-state index in [1.54, 1.807) is 0 Å². The number of nitrogens with zero attached hydrogens (tertiary/aromatic N) is 3. The van der Waals surface area contributed by atoms with Gasteiger partial charge in [0.15, 0.2) is 5.96 Å². The van der Waals surface area contributed by atoms with Crippen molar-refractivity contribution < 1.29 is 8.42 Å². The summed E-state index contributed by atoms with van der Waals surface area (Å²) in [5, 5.41) is 6.36. The van der Waals surface area contributed by atoms with Crippen LogP contribution in [-0.4, -0.2) is 81.2 Å². The summed E-state index contributed by atoms with van der Waals surface area (Å²) >= 11 is 0. The third kappa shape index (κ3) is 9.76. The minimum Gasteiger partial charge on any atom is -0.357 e. The lowest BCUT2D eigenvalue weighted by atomic mass is 10.0. The molecule has 0 aromatic carbocycles. The van der Waals surface area contributed by atoms with Crippen molar-refractivity contribution in [2.75, 3.05) is 51.6 Å². The van der Waals surface area contributed by atoms with Gasteiger partial charge in [-0.25, -0.2) is 12.7 Å². The Labute approximate surface area is 183 Å². The standard InChI is InChI=1S/C18H39N5O2S.HI/c1-5-17-11-9-10-14-22(17)15-12-20-18(19-6-2)21-13-16-26(24,25)23(7-3)8-4;/h17H,5-16H2,1-4H3,(H2,19,20,21);1H. The summed E-state index contributed by atoms with van der Waals surface area (Å²) in [5.74, 6) is 0.788. The molecule has 1 saturated heterocycles. The Balaban J connectivity index is 0.00000676. The number of halogens is 1. The van der Waals surface area contributed by atoms with Crippen LogP contribution in [0, 0.1) is 0 Å². The first-order valence-electron chi connectivity index (χ1n) is 10.2. The molecule has 1 atom stereocenters. The molecule has 1 aliphatic rings. The fourth-order valence-electron chi connectivity index (χ4n) is 3.49. The number of piperidine rings is 1. The predicted molar refractivity (Wildman–Crippen MR) is 126 cm³/mol. The summed E-state index contributed by atoms with van der Waals surface area (Å²) in [7, 11) is -3.20. The normalized spacial score (nSPS) is 19.0. The van der Waals surface area contributed by atoms with E-state index in [0.717, 1.165) is 19.6 Å². The molecule has 1 aliphatic heterocycles. The highest BCUT2D eigenvalue weighted by atomic mass is 127. The molecule has 0 aliphatic carbocycles. The zero-order valence-corrected chi connectivity index (χ0v) is 20.7. The second kappa shape index (κ2) is 14.8. The lowest BCUT2D eigenvalue weighted by Gasteiger charge is -2.34. The molecule has 1 unspecified atom stereocenters. The van der Waals surface area contributed by atoms with Gasteiger partial charge in [0, 0.05) is 38.8 Å². The molecule has 9 heteroatoms. The number of aliphatic imine (C=N–C) groups is 1. The van der Waals surface area contributed by atoms with E-state index in [1.807, 2.05) is 20.8 Å². The van der Waals surface area contributed by atoms with Crippen molar-refractivity contribution >= 4 is 40.0 Å². The van der Waals surface area contributed by atoms with Gasteiger partial charge in [0.25, 0.3) is 0 Å². The van der Waals surface area contributed by atoms with Crippen molar-refractivity contribution in [1.29, 1.82) is 0 Å². The summed E-state index contributed by atoms with van der Waals surface area (Å²) in [6.07, 6.45) is 5.11. The number of guanidine groups is 1. The minimum atomic E-state index is -3.20. The second-order valence-electron chi connectivity index (χ2n) is 6.68. The van der Waals surface area contributed by atoms with Crippen molar-refractivity contribution in [3.05, 3.63) is 0 Å². The SMILES string of the molecule is CCNC(=NCCN1CCCCC1CC)NCCS(=O)(=O)N(CC)CC.I. The molecule has 1 fully saturated rings. The van der Waals surface area contributed by atoms with E-state index in [4.69, 9.17) is 0 Å². The van der Waals surface area contributed by atoms with Crippen molar-refractivity contribution in [3.8, 4) is 0 Å². The zero-order valence-electron chi connectivity index (χ0n) is 17.5. The Hall–Kier alpha value is -0.130. The van der Waals surface area contributed by atoms with Crippen LogP contribution in [0.5, 0.6) is 0 Å². The third-order valence-corrected chi connectivity index (χ3v) is 7.00. The van der Waals surface area contributed by atoms with Gasteiger partial charge < -0.3 is 10.6 Å². The maximum Gasteiger partial charge on any atom is 0.215 e. The molecule has 0 saturated carbocycles. The van der Waals surface area contributed by atoms with E-state index >= 15 is 0 Å². The van der Waals surface area contributed by atoms with Crippen LogP contribution in [0.2, 0.25) is 0 Å². The number of sulfonamides is 1. The molecule has 0 radical (unpaired) electrons. The molecule has 0 amide bonds. The van der Waals surface area contributed by atoms with E-state index in [2.05, 4.69) is 27.4 Å². The van der Waals surface area contributed by atoms with Crippen LogP contribution in [-0.2, 0) is 10.0 Å². The zero-order chi connectivity index (χ0) is 19.4. The first-order valence-corrected chi connectivity index (χ1v) is 11.8. The third-order valence-electron chi connectivity index (χ3n) is 4.97. The molecule has 1 rings (SSSR count). The highest BCUT2D eigenvalue weighted by Gasteiger charge is 2.20. The molecule has 0 aromatic rings. The largest absolute Gasteiger partial charge is 0.357 e. The van der Waals surface area contributed by atoms with Crippen LogP contribution in [0.1, 0.15) is 53.4 Å². The van der Waals surface area contributed by atoms with E-state index in [9.17, 15) is 8.42 Å². The number of hydrogen-bond acceptors (Lipinski definition) is 4. The van der Waals surface area contributed by atoms with Crippen LogP contribution in [0.4, 0.5) is 0 Å². The van der Waals surface area contributed by atoms with Gasteiger partial charge >= 0.3 is 0 Å². The van der Waals surface area contributed by atoms with Gasteiger partial charge in [-0.15, -0.1) is 24.0 Å². The molecule has 27 heavy (non-hydrogen) atoms. The maximum absolute atomic E-state index is 12.2. The van der Waals surface area contributed by atoms with Gasteiger partial charge in [-0.2, -0.15) is 0 Å². The monoisotopic (exact) mass is 517 g/mol. The Morgan fingerprint density at radius 2 is 1.85 bits per heavy atom. The average molecular weight is 518 g/mol. The Bertz CT molecular complexity index is 512. The van der Waals surface area contributed by atoms with Crippen LogP contribution in [0.15, 0.2) is 4.99 Å². The van der Waals surface area contributed by atoms with Crippen LogP contribution >= 0.6 is 24.0 Å². The van der Waals surface area contributed by atoms with E-state index in [-0.39, 0.29) is 29.7 Å². The molecule has 162 valence electrons. The van der Waals surface area contributed by atoms with Crippen LogP contribution in [0.3, 0.4) is 0 Å². The molecule has 7 nitrogen and oxygen atoms in total. The fourth-order valence-corrected chi connectivity index (χ4v) is 4.90. The molecular formula is C18H40IN5O2S. The highest BCUT2D eigenvalue weighted by molar-refractivity contribution is 14.0. The topological polar surface area (TPSA) is 77.0 Å². The molecule has 0 aromatic heterocycles. The predicted octanol–water partition coefficient (Wildman–Crippen LogP) is 2.10. The maximum atomic E-state index is 12.2. The summed E-state index contributed by atoms with van der Waals surface area (Å²) in [5.41, 5.74) is 0. The van der Waals surface area contributed by atoms with Gasteiger partial charge in [-0.1, -0.05) is 27.2 Å². The lowest BCUT2D eigenvalue weighted by Crippen LogP contribution is -2.43. The second-order valence-corrected chi connectivity index (χ2v) is 8.77. The van der Waals surface area contributed by atoms with Crippen molar-refractivity contribution in [2.24, 2.45) is 4.99 Å². The first-order chi connectivity index (χ1) is 12.5. The lowest BCUT2D eigenvalue weighted by molar-refractivity contribution is 0.148. The Kier molecular flexibility index (Phi) is 14.7. The van der Waals surface area contributed by atoms with Gasteiger partial charge in [-0.3, -0.25) is 9.89 Å². The molecule has 0 spiro atoms. The Morgan fingerprint density at radius 3 is 2.44 bits per heavy atom. The fraction of sp³-hybridized carbons (Fsp3) is 0.944. The summed E-state index contributed by atoms with van der Waals surface area (Å²) in [6, 6.07) is 0.689. The van der Waals surface area contributed by atoms with Crippen molar-refractivity contribution in [1.82, 2.24) is 19.8 Å². The van der Waals surface area contributed by atoms with Crippen LogP contribution in [0.25, 0.3) is 0 Å². The summed E-state index contributed by atoms with van der Waals surface area (Å²) in [6.45, 7) is 13.0. The van der Waals surface area contributed by atoms with Gasteiger partial charge in [0.05, 0.1) is 12.3 Å². The van der Waals surface area contributed by atoms with E-state index < -0.39 is 10.0 Å². The molecule has 2 N–H and O–H groups in total. The molecular weight excluding hydrogens is 477 g/mol. The molecule has 0 bridgehead atoms. The number of rotatable bonds is 11. The van der Waals surface area contributed by atoms with Crippen molar-refractivity contribution in [2.45, 2.75) is 59.4 Å². The highest BCUT2D eigenvalue weighted by Crippen LogP contribution is 2.18. The van der Waals surface area contributed by atoms with Gasteiger partial charge in [0.1, 0.15) is 0 Å². The number of likely N-dealkylation sites (tertiary alicyclic amines) is 1. The van der Waals surface area contributed by atoms with Gasteiger partial charge in [-0.05, 0) is 32.7 Å². The quantitative estimate of drug-likeness (QED) is 0.250. The Morgan fingerprint density at radius 1 is 1.15 bits per heavy atom. The van der Waals surface area contributed by atoms with E-state index in [1.165, 1.54) is 36.5 Å². The first kappa shape index (κ1) is 26.9. The van der Waals surface area contributed by atoms with E-state index in [0.29, 0.717) is 31.6 Å². The number of nitrogens with one attached hydrogen (secondary N) is 2. The van der Waals surface area contributed by atoms with Gasteiger partial charge in [0.2, 0.25) is 10.0 Å². The number of hydrogen-bond donors (Lipinski definition) is 2. The minimum absolute atomic E-state index is 0. The summed E-state index contributed by atoms with van der Waals surface area (Å²) < 4.78 is 26.0. The smallest absolute Gasteiger partial charge is 0.215 e.